The quantitative estimate of drug-likeness (QED) is 0.711. The van der Waals surface area contributed by atoms with Crippen LogP contribution in [0, 0.1) is 0 Å². The Morgan fingerprint density at radius 2 is 2.28 bits per heavy atom. The number of hydrogen-bond acceptors (Lipinski definition) is 4. The van der Waals surface area contributed by atoms with Gasteiger partial charge in [0.05, 0.1) is 6.61 Å². The van der Waals surface area contributed by atoms with Crippen molar-refractivity contribution in [1.82, 2.24) is 9.29 Å². The van der Waals surface area contributed by atoms with Gasteiger partial charge in [-0.3, -0.25) is 4.98 Å². The molecule has 0 bridgehead atoms. The summed E-state index contributed by atoms with van der Waals surface area (Å²) in [6, 6.07) is 1.52. The van der Waals surface area contributed by atoms with Gasteiger partial charge in [0.2, 0.25) is 10.0 Å². The summed E-state index contributed by atoms with van der Waals surface area (Å²) in [5, 5.41) is 0. The van der Waals surface area contributed by atoms with E-state index in [0.29, 0.717) is 11.1 Å². The summed E-state index contributed by atoms with van der Waals surface area (Å²) in [6.45, 7) is 4.40. The van der Waals surface area contributed by atoms with Gasteiger partial charge in [0.25, 0.3) is 0 Å². The van der Waals surface area contributed by atoms with Crippen molar-refractivity contribution >= 4 is 26.0 Å². The molecule has 5 nitrogen and oxygen atoms in total. The third-order valence-corrected chi connectivity index (χ3v) is 4.46. The van der Waals surface area contributed by atoms with Gasteiger partial charge in [0.15, 0.2) is 0 Å². The maximum Gasteiger partial charge on any atom is 0.245 e. The smallest absolute Gasteiger partial charge is 0.245 e. The standard InChI is InChI=1S/C11H15BrN2O3S/c1-3-4-14(5-6-17-2)18(15,16)11-7-10(12)8-13-9-11/h3,7-9H,1,4-6H2,2H3. The van der Waals surface area contributed by atoms with E-state index in [0.717, 1.165) is 0 Å². The van der Waals surface area contributed by atoms with Crippen LogP contribution in [0.25, 0.3) is 0 Å². The number of methoxy groups -OCH3 is 1. The first-order valence-electron chi connectivity index (χ1n) is 5.23. The topological polar surface area (TPSA) is 59.5 Å². The molecule has 1 rings (SSSR count). The zero-order chi connectivity index (χ0) is 13.6. The minimum absolute atomic E-state index is 0.148. The molecule has 0 amide bonds. The molecule has 0 fully saturated rings. The van der Waals surface area contributed by atoms with Gasteiger partial charge in [-0.15, -0.1) is 6.58 Å². The van der Waals surface area contributed by atoms with Crippen molar-refractivity contribution in [3.8, 4) is 0 Å². The van der Waals surface area contributed by atoms with E-state index in [-0.39, 0.29) is 18.0 Å². The van der Waals surface area contributed by atoms with Crippen LogP contribution in [0.4, 0.5) is 0 Å². The first-order valence-corrected chi connectivity index (χ1v) is 7.46. The molecule has 18 heavy (non-hydrogen) atoms. The second kappa shape index (κ2) is 6.98. The van der Waals surface area contributed by atoms with Crippen molar-refractivity contribution in [1.29, 1.82) is 0 Å². The van der Waals surface area contributed by atoms with Crippen molar-refractivity contribution in [2.24, 2.45) is 0 Å². The van der Waals surface area contributed by atoms with Crippen LogP contribution in [0.1, 0.15) is 0 Å². The van der Waals surface area contributed by atoms with Gasteiger partial charge in [-0.05, 0) is 22.0 Å². The van der Waals surface area contributed by atoms with Gasteiger partial charge in [-0.2, -0.15) is 4.31 Å². The second-order valence-electron chi connectivity index (χ2n) is 3.48. The number of pyridine rings is 1. The van der Waals surface area contributed by atoms with Crippen LogP contribution in [0.5, 0.6) is 0 Å². The number of nitrogens with zero attached hydrogens (tertiary/aromatic N) is 2. The lowest BCUT2D eigenvalue weighted by Crippen LogP contribution is -2.34. The Labute approximate surface area is 116 Å². The van der Waals surface area contributed by atoms with E-state index in [4.69, 9.17) is 4.74 Å². The van der Waals surface area contributed by atoms with Gasteiger partial charge >= 0.3 is 0 Å². The average molecular weight is 335 g/mol. The molecule has 0 aliphatic heterocycles. The van der Waals surface area contributed by atoms with E-state index in [1.165, 1.54) is 29.9 Å². The molecular formula is C11H15BrN2O3S. The van der Waals surface area contributed by atoms with Gasteiger partial charge < -0.3 is 4.74 Å². The first-order chi connectivity index (χ1) is 8.52. The summed E-state index contributed by atoms with van der Waals surface area (Å²) in [5.41, 5.74) is 0. The normalized spacial score (nSPS) is 11.7. The van der Waals surface area contributed by atoms with Gasteiger partial charge in [-0.1, -0.05) is 6.08 Å². The maximum atomic E-state index is 12.3. The molecular weight excluding hydrogens is 320 g/mol. The molecule has 1 aromatic rings. The van der Waals surface area contributed by atoms with Crippen LogP contribution in [-0.4, -0.2) is 44.5 Å². The second-order valence-corrected chi connectivity index (χ2v) is 6.34. The zero-order valence-electron chi connectivity index (χ0n) is 10.0. The lowest BCUT2D eigenvalue weighted by molar-refractivity contribution is 0.182. The molecule has 0 atom stereocenters. The third-order valence-electron chi connectivity index (χ3n) is 2.20. The Hall–Kier alpha value is -0.760. The Morgan fingerprint density at radius 1 is 1.56 bits per heavy atom. The molecule has 0 radical (unpaired) electrons. The fourth-order valence-electron chi connectivity index (χ4n) is 1.33. The highest BCUT2D eigenvalue weighted by Crippen LogP contribution is 2.18. The highest BCUT2D eigenvalue weighted by molar-refractivity contribution is 9.10. The monoisotopic (exact) mass is 334 g/mol. The number of hydrogen-bond donors (Lipinski definition) is 0. The molecule has 0 saturated carbocycles. The van der Waals surface area contributed by atoms with Crippen molar-refractivity contribution in [3.05, 3.63) is 35.6 Å². The maximum absolute atomic E-state index is 12.3. The van der Waals surface area contributed by atoms with E-state index in [9.17, 15) is 8.42 Å². The summed E-state index contributed by atoms with van der Waals surface area (Å²) in [7, 11) is -2.04. The van der Waals surface area contributed by atoms with E-state index in [1.54, 1.807) is 6.08 Å². The van der Waals surface area contributed by atoms with Crippen LogP contribution in [0.2, 0.25) is 0 Å². The Kier molecular flexibility index (Phi) is 5.94. The van der Waals surface area contributed by atoms with Crippen LogP contribution in [-0.2, 0) is 14.8 Å². The highest BCUT2D eigenvalue weighted by Gasteiger charge is 2.23. The first kappa shape index (κ1) is 15.3. The molecule has 0 N–H and O–H groups in total. The number of halogens is 1. The van der Waals surface area contributed by atoms with Crippen molar-refractivity contribution in [2.75, 3.05) is 26.8 Å². The van der Waals surface area contributed by atoms with Crippen LogP contribution in [0.15, 0.2) is 40.5 Å². The predicted molar refractivity (Wildman–Crippen MR) is 72.8 cm³/mol. The number of aromatic nitrogens is 1. The molecule has 0 unspecified atom stereocenters. The molecule has 0 aromatic carbocycles. The molecule has 100 valence electrons. The number of ether oxygens (including phenoxy) is 1. The average Bonchev–Trinajstić information content (AvgIpc) is 2.34. The van der Waals surface area contributed by atoms with Crippen LogP contribution in [0.3, 0.4) is 0 Å². The molecule has 1 heterocycles. The SMILES string of the molecule is C=CCN(CCOC)S(=O)(=O)c1cncc(Br)c1. The summed E-state index contributed by atoms with van der Waals surface area (Å²) >= 11 is 3.21. The number of rotatable bonds is 7. The molecule has 7 heteroatoms. The fraction of sp³-hybridized carbons (Fsp3) is 0.364. The van der Waals surface area contributed by atoms with Crippen molar-refractivity contribution < 1.29 is 13.2 Å². The van der Waals surface area contributed by atoms with Crippen molar-refractivity contribution in [2.45, 2.75) is 4.90 Å². The van der Waals surface area contributed by atoms with Crippen molar-refractivity contribution in [3.63, 3.8) is 0 Å². The predicted octanol–water partition coefficient (Wildman–Crippen LogP) is 1.67. The Morgan fingerprint density at radius 3 is 2.83 bits per heavy atom. The molecule has 0 spiro atoms. The largest absolute Gasteiger partial charge is 0.383 e. The fourth-order valence-corrected chi connectivity index (χ4v) is 3.23. The van der Waals surface area contributed by atoms with Crippen LogP contribution < -0.4 is 0 Å². The van der Waals surface area contributed by atoms with E-state index < -0.39 is 10.0 Å². The highest BCUT2D eigenvalue weighted by atomic mass is 79.9. The minimum atomic E-state index is -3.57. The zero-order valence-corrected chi connectivity index (χ0v) is 12.4. The Bertz CT molecular complexity index is 505. The third kappa shape index (κ3) is 3.88. The molecule has 0 aliphatic carbocycles. The summed E-state index contributed by atoms with van der Waals surface area (Å²) < 4.78 is 31.5. The van der Waals surface area contributed by atoms with E-state index in [2.05, 4.69) is 27.5 Å². The van der Waals surface area contributed by atoms with Gasteiger partial charge in [0, 0.05) is 37.1 Å². The van der Waals surface area contributed by atoms with E-state index >= 15 is 0 Å². The molecule has 0 aliphatic rings. The van der Waals surface area contributed by atoms with Gasteiger partial charge in [0.1, 0.15) is 4.90 Å². The summed E-state index contributed by atoms with van der Waals surface area (Å²) in [4.78, 5) is 4.01. The van der Waals surface area contributed by atoms with Gasteiger partial charge in [-0.25, -0.2) is 8.42 Å². The molecule has 1 aromatic heterocycles. The molecule has 0 saturated heterocycles. The number of sulfonamides is 1. The minimum Gasteiger partial charge on any atom is -0.383 e. The van der Waals surface area contributed by atoms with E-state index in [1.807, 2.05) is 0 Å². The lowest BCUT2D eigenvalue weighted by atomic mass is 10.5. The summed E-state index contributed by atoms with van der Waals surface area (Å²) in [6.07, 6.45) is 4.40. The lowest BCUT2D eigenvalue weighted by Gasteiger charge is -2.20. The Balaban J connectivity index is 3.04. The van der Waals surface area contributed by atoms with Crippen LogP contribution >= 0.6 is 15.9 Å². The summed E-state index contributed by atoms with van der Waals surface area (Å²) in [5.74, 6) is 0.